The fraction of sp³-hybridized carbons (Fsp3) is 0.278. The largest absolute Gasteiger partial charge is 0.495 e. The first-order chi connectivity index (χ1) is 12.5. The lowest BCUT2D eigenvalue weighted by atomic mass is 10.2. The van der Waals surface area contributed by atoms with Gasteiger partial charge in [0.15, 0.2) is 0 Å². The normalized spacial score (nSPS) is 12.0. The van der Waals surface area contributed by atoms with Crippen molar-refractivity contribution in [3.63, 3.8) is 0 Å². The second-order valence-corrected chi connectivity index (χ2v) is 7.01. The van der Waals surface area contributed by atoms with Crippen LogP contribution in [0, 0.1) is 13.8 Å². The number of rotatable bonds is 6. The van der Waals surface area contributed by atoms with E-state index in [0.717, 1.165) is 11.1 Å². The Labute approximate surface area is 155 Å². The molecule has 26 heavy (non-hydrogen) atoms. The Balaban J connectivity index is 1.68. The number of aryl methyl sites for hydroxylation is 2. The van der Waals surface area contributed by atoms with Crippen LogP contribution in [-0.2, 0) is 4.79 Å². The Morgan fingerprint density at radius 3 is 2.77 bits per heavy atom. The molecule has 1 amide bonds. The highest BCUT2D eigenvalue weighted by molar-refractivity contribution is 8.00. The van der Waals surface area contributed by atoms with Crippen LogP contribution in [0.1, 0.15) is 18.2 Å². The number of ether oxygens (including phenoxy) is 1. The molecule has 3 aromatic rings. The summed E-state index contributed by atoms with van der Waals surface area (Å²) in [6.45, 7) is 5.54. The zero-order chi connectivity index (χ0) is 18.7. The number of benzene rings is 1. The second kappa shape index (κ2) is 7.65. The first-order valence-corrected chi connectivity index (χ1v) is 8.86. The van der Waals surface area contributed by atoms with Crippen LogP contribution in [0.15, 0.2) is 44.6 Å². The molecule has 8 heteroatoms. The van der Waals surface area contributed by atoms with Crippen LogP contribution in [-0.4, -0.2) is 28.5 Å². The molecule has 0 saturated carbocycles. The minimum Gasteiger partial charge on any atom is -0.495 e. The van der Waals surface area contributed by atoms with Gasteiger partial charge >= 0.3 is 0 Å². The Morgan fingerprint density at radius 2 is 2.08 bits per heavy atom. The summed E-state index contributed by atoms with van der Waals surface area (Å²) in [6.07, 6.45) is 1.56. The SMILES string of the molecule is COc1ccc(C)cc1NC(=O)C(C)Sc1nnc(-c2ccoc2C)o1. The summed E-state index contributed by atoms with van der Waals surface area (Å²) in [5.74, 6) is 1.49. The molecule has 0 saturated heterocycles. The molecule has 2 heterocycles. The highest BCUT2D eigenvalue weighted by atomic mass is 32.2. The predicted molar refractivity (Wildman–Crippen MR) is 98.4 cm³/mol. The van der Waals surface area contributed by atoms with Gasteiger partial charge in [0.2, 0.25) is 5.91 Å². The molecule has 0 aliphatic heterocycles. The van der Waals surface area contributed by atoms with Crippen molar-refractivity contribution in [1.29, 1.82) is 0 Å². The van der Waals surface area contributed by atoms with E-state index in [4.69, 9.17) is 13.6 Å². The molecule has 0 spiro atoms. The van der Waals surface area contributed by atoms with Crippen LogP contribution in [0.2, 0.25) is 0 Å². The topological polar surface area (TPSA) is 90.4 Å². The highest BCUT2D eigenvalue weighted by Gasteiger charge is 2.21. The van der Waals surface area contributed by atoms with Crippen molar-refractivity contribution < 1.29 is 18.4 Å². The van der Waals surface area contributed by atoms with Crippen LogP contribution < -0.4 is 10.1 Å². The first kappa shape index (κ1) is 18.1. The van der Waals surface area contributed by atoms with Crippen LogP contribution in [0.3, 0.4) is 0 Å². The monoisotopic (exact) mass is 373 g/mol. The molecule has 1 unspecified atom stereocenters. The standard InChI is InChI=1S/C18H19N3O4S/c1-10-5-6-15(23-4)14(9-10)19-16(22)12(3)26-18-21-20-17(25-18)13-7-8-24-11(13)2/h5-9,12H,1-4H3,(H,19,22). The number of carbonyl (C=O) groups excluding carboxylic acids is 1. The van der Waals surface area contributed by atoms with E-state index in [1.165, 1.54) is 11.8 Å². The molecule has 1 aromatic carbocycles. The summed E-state index contributed by atoms with van der Waals surface area (Å²) >= 11 is 1.19. The Kier molecular flexibility index (Phi) is 5.32. The zero-order valence-electron chi connectivity index (χ0n) is 14.9. The van der Waals surface area contributed by atoms with E-state index in [0.29, 0.717) is 28.3 Å². The van der Waals surface area contributed by atoms with Gasteiger partial charge in [0.1, 0.15) is 11.5 Å². The molecule has 0 aliphatic rings. The van der Waals surface area contributed by atoms with Crippen molar-refractivity contribution >= 4 is 23.4 Å². The zero-order valence-corrected chi connectivity index (χ0v) is 15.7. The van der Waals surface area contributed by atoms with Crippen LogP contribution in [0.4, 0.5) is 5.69 Å². The minimum atomic E-state index is -0.432. The molecular formula is C18H19N3O4S. The number of anilines is 1. The maximum atomic E-state index is 12.5. The fourth-order valence-corrected chi connectivity index (χ4v) is 3.02. The van der Waals surface area contributed by atoms with Crippen LogP contribution in [0.25, 0.3) is 11.5 Å². The van der Waals surface area contributed by atoms with Gasteiger partial charge in [-0.15, -0.1) is 10.2 Å². The number of nitrogens with zero attached hydrogens (tertiary/aromatic N) is 2. The molecule has 7 nitrogen and oxygen atoms in total. The number of nitrogens with one attached hydrogen (secondary N) is 1. The van der Waals surface area contributed by atoms with E-state index in [1.54, 1.807) is 26.4 Å². The average Bonchev–Trinajstić information content (AvgIpc) is 3.23. The van der Waals surface area contributed by atoms with E-state index in [-0.39, 0.29) is 5.91 Å². The average molecular weight is 373 g/mol. The lowest BCUT2D eigenvalue weighted by Crippen LogP contribution is -2.22. The van der Waals surface area contributed by atoms with Crippen molar-refractivity contribution in [2.24, 2.45) is 0 Å². The Hall–Kier alpha value is -2.74. The van der Waals surface area contributed by atoms with Crippen molar-refractivity contribution in [2.45, 2.75) is 31.2 Å². The van der Waals surface area contributed by atoms with Crippen molar-refractivity contribution in [1.82, 2.24) is 10.2 Å². The smallest absolute Gasteiger partial charge is 0.277 e. The third kappa shape index (κ3) is 3.91. The van der Waals surface area contributed by atoms with Gasteiger partial charge in [0.05, 0.1) is 29.9 Å². The van der Waals surface area contributed by atoms with E-state index >= 15 is 0 Å². The number of hydrogen-bond donors (Lipinski definition) is 1. The maximum absolute atomic E-state index is 12.5. The summed E-state index contributed by atoms with van der Waals surface area (Å²) in [7, 11) is 1.57. The minimum absolute atomic E-state index is 0.182. The molecule has 3 rings (SSSR count). The maximum Gasteiger partial charge on any atom is 0.277 e. The van der Waals surface area contributed by atoms with Crippen molar-refractivity contribution in [3.05, 3.63) is 41.9 Å². The highest BCUT2D eigenvalue weighted by Crippen LogP contribution is 2.30. The lowest BCUT2D eigenvalue weighted by Gasteiger charge is -2.13. The van der Waals surface area contributed by atoms with Gasteiger partial charge in [-0.25, -0.2) is 0 Å². The van der Waals surface area contributed by atoms with Gasteiger partial charge in [-0.2, -0.15) is 0 Å². The Bertz CT molecular complexity index is 919. The molecule has 0 bridgehead atoms. The van der Waals surface area contributed by atoms with Crippen LogP contribution in [0.5, 0.6) is 5.75 Å². The van der Waals surface area contributed by atoms with Gasteiger partial charge in [0.25, 0.3) is 11.1 Å². The summed E-state index contributed by atoms with van der Waals surface area (Å²) in [6, 6.07) is 7.36. The van der Waals surface area contributed by atoms with E-state index in [9.17, 15) is 4.79 Å². The fourth-order valence-electron chi connectivity index (χ4n) is 2.33. The van der Waals surface area contributed by atoms with Gasteiger partial charge in [-0.1, -0.05) is 17.8 Å². The Morgan fingerprint density at radius 1 is 1.27 bits per heavy atom. The molecule has 2 aromatic heterocycles. The van der Waals surface area contributed by atoms with Gasteiger partial charge in [-0.05, 0) is 44.5 Å². The van der Waals surface area contributed by atoms with Crippen molar-refractivity contribution in [2.75, 3.05) is 12.4 Å². The lowest BCUT2D eigenvalue weighted by molar-refractivity contribution is -0.115. The molecule has 0 aliphatic carbocycles. The summed E-state index contributed by atoms with van der Waals surface area (Å²) in [5, 5.41) is 10.8. The van der Waals surface area contributed by atoms with Gasteiger partial charge in [0, 0.05) is 0 Å². The third-order valence-corrected chi connectivity index (χ3v) is 4.69. The number of carbonyl (C=O) groups is 1. The number of hydrogen-bond acceptors (Lipinski definition) is 7. The number of methoxy groups -OCH3 is 1. The summed E-state index contributed by atoms with van der Waals surface area (Å²) in [5.41, 5.74) is 2.40. The summed E-state index contributed by atoms with van der Waals surface area (Å²) in [4.78, 5) is 12.5. The number of amides is 1. The molecule has 1 N–H and O–H groups in total. The third-order valence-electron chi connectivity index (χ3n) is 3.76. The number of aromatic nitrogens is 2. The van der Waals surface area contributed by atoms with Crippen molar-refractivity contribution in [3.8, 4) is 17.2 Å². The predicted octanol–water partition coefficient (Wildman–Crippen LogP) is 4.07. The van der Waals surface area contributed by atoms with Gasteiger partial charge in [-0.3, -0.25) is 4.79 Å². The van der Waals surface area contributed by atoms with E-state index in [1.807, 2.05) is 32.0 Å². The summed E-state index contributed by atoms with van der Waals surface area (Å²) < 4.78 is 16.1. The number of furan rings is 1. The second-order valence-electron chi connectivity index (χ2n) is 5.72. The van der Waals surface area contributed by atoms with Gasteiger partial charge < -0.3 is 18.9 Å². The molecule has 1 atom stereocenters. The van der Waals surface area contributed by atoms with E-state index < -0.39 is 5.25 Å². The molecular weight excluding hydrogens is 354 g/mol. The molecule has 136 valence electrons. The quantitative estimate of drug-likeness (QED) is 0.651. The molecule has 0 fully saturated rings. The first-order valence-electron chi connectivity index (χ1n) is 7.98. The van der Waals surface area contributed by atoms with E-state index in [2.05, 4.69) is 15.5 Å². The number of thioether (sulfide) groups is 1. The van der Waals surface area contributed by atoms with Crippen LogP contribution >= 0.6 is 11.8 Å². The molecule has 0 radical (unpaired) electrons.